The van der Waals surface area contributed by atoms with E-state index in [1.807, 2.05) is 30.3 Å². The lowest BCUT2D eigenvalue weighted by molar-refractivity contribution is -0.113. The average molecular weight is 421 g/mol. The van der Waals surface area contributed by atoms with E-state index in [4.69, 9.17) is 0 Å². The molecule has 2 aromatic heterocycles. The summed E-state index contributed by atoms with van der Waals surface area (Å²) in [6.45, 7) is 2.09. The summed E-state index contributed by atoms with van der Waals surface area (Å²) in [5, 5.41) is 12.6. The molecule has 2 fully saturated rings. The van der Waals surface area contributed by atoms with Crippen LogP contribution in [0.4, 0.5) is 11.4 Å². The Hall–Kier alpha value is -2.87. The number of aromatic nitrogens is 4. The first-order valence-corrected chi connectivity index (χ1v) is 11.4. The van der Waals surface area contributed by atoms with Crippen LogP contribution in [-0.4, -0.2) is 44.5 Å². The highest BCUT2D eigenvalue weighted by Crippen LogP contribution is 2.41. The van der Waals surface area contributed by atoms with Crippen LogP contribution < -0.4 is 10.2 Å². The molecule has 5 rings (SSSR count). The molecular formula is C22H24N6OS. The molecule has 3 aromatic rings. The fourth-order valence-corrected chi connectivity index (χ4v) is 4.66. The van der Waals surface area contributed by atoms with Gasteiger partial charge in [-0.05, 0) is 49.9 Å². The number of carbonyl (C=O) groups excluding carboxylic acids is 1. The third-order valence-corrected chi connectivity index (χ3v) is 6.40. The molecule has 1 aliphatic heterocycles. The highest BCUT2D eigenvalue weighted by molar-refractivity contribution is 7.99. The number of hydrogen-bond donors (Lipinski definition) is 1. The van der Waals surface area contributed by atoms with Crippen molar-refractivity contribution in [1.29, 1.82) is 0 Å². The van der Waals surface area contributed by atoms with Crippen molar-refractivity contribution in [2.24, 2.45) is 0 Å². The molecule has 1 saturated carbocycles. The van der Waals surface area contributed by atoms with E-state index in [9.17, 15) is 4.79 Å². The summed E-state index contributed by atoms with van der Waals surface area (Å²) in [6, 6.07) is 12.4. The van der Waals surface area contributed by atoms with Gasteiger partial charge in [-0.25, -0.2) is 0 Å². The Bertz CT molecular complexity index is 1030. The molecule has 1 aliphatic carbocycles. The van der Waals surface area contributed by atoms with Crippen molar-refractivity contribution in [3.8, 4) is 11.4 Å². The average Bonchev–Trinajstić information content (AvgIpc) is 3.30. The lowest BCUT2D eigenvalue weighted by Gasteiger charge is -2.21. The van der Waals surface area contributed by atoms with E-state index in [-0.39, 0.29) is 5.91 Å². The second-order valence-corrected chi connectivity index (χ2v) is 8.64. The Kier molecular flexibility index (Phi) is 5.40. The molecule has 154 valence electrons. The van der Waals surface area contributed by atoms with Crippen molar-refractivity contribution >= 4 is 29.0 Å². The molecule has 8 heteroatoms. The van der Waals surface area contributed by atoms with Gasteiger partial charge in [-0.2, -0.15) is 0 Å². The minimum Gasteiger partial charge on any atom is -0.370 e. The van der Waals surface area contributed by atoms with E-state index >= 15 is 0 Å². The van der Waals surface area contributed by atoms with Crippen LogP contribution in [0.3, 0.4) is 0 Å². The predicted molar refractivity (Wildman–Crippen MR) is 119 cm³/mol. The molecular weight excluding hydrogens is 396 g/mol. The fraction of sp³-hybridized carbons (Fsp3) is 0.364. The molecule has 2 aliphatic rings. The van der Waals surface area contributed by atoms with Gasteiger partial charge in [0.1, 0.15) is 0 Å². The van der Waals surface area contributed by atoms with E-state index in [0.29, 0.717) is 11.8 Å². The summed E-state index contributed by atoms with van der Waals surface area (Å²) in [6.07, 6.45) is 8.20. The Morgan fingerprint density at radius 3 is 2.70 bits per heavy atom. The first kappa shape index (κ1) is 19.1. The van der Waals surface area contributed by atoms with Gasteiger partial charge in [-0.3, -0.25) is 14.3 Å². The van der Waals surface area contributed by atoms with Crippen molar-refractivity contribution in [3.05, 3.63) is 48.8 Å². The van der Waals surface area contributed by atoms with Gasteiger partial charge in [0.25, 0.3) is 0 Å². The lowest BCUT2D eigenvalue weighted by Crippen LogP contribution is -2.21. The molecule has 1 aromatic carbocycles. The summed E-state index contributed by atoms with van der Waals surface area (Å²) in [5.41, 5.74) is 2.94. The first-order chi connectivity index (χ1) is 14.8. The van der Waals surface area contributed by atoms with Crippen LogP contribution in [0.2, 0.25) is 0 Å². The molecule has 30 heavy (non-hydrogen) atoms. The largest absolute Gasteiger partial charge is 0.370 e. The number of anilines is 2. The van der Waals surface area contributed by atoms with Gasteiger partial charge in [-0.15, -0.1) is 10.2 Å². The zero-order valence-corrected chi connectivity index (χ0v) is 17.5. The number of hydrogen-bond acceptors (Lipinski definition) is 6. The summed E-state index contributed by atoms with van der Waals surface area (Å²) in [7, 11) is 0. The van der Waals surface area contributed by atoms with Gasteiger partial charge in [0, 0.05) is 37.1 Å². The Labute approximate surface area is 179 Å². The van der Waals surface area contributed by atoms with Crippen LogP contribution in [0.25, 0.3) is 11.4 Å². The number of para-hydroxylation sites is 2. The molecule has 0 unspecified atom stereocenters. The third kappa shape index (κ3) is 4.05. The minimum atomic E-state index is -0.0279. The molecule has 0 atom stereocenters. The number of rotatable bonds is 7. The Balaban J connectivity index is 1.28. The SMILES string of the molecule is O=C(CSc1nnc(-c2cccnc2)n1C1CC1)Nc1ccccc1N1CCCC1. The highest BCUT2D eigenvalue weighted by Gasteiger charge is 2.30. The molecule has 0 spiro atoms. The summed E-state index contributed by atoms with van der Waals surface area (Å²) in [5.74, 6) is 1.10. The van der Waals surface area contributed by atoms with Gasteiger partial charge in [0.2, 0.25) is 5.91 Å². The van der Waals surface area contributed by atoms with Crippen molar-refractivity contribution in [2.45, 2.75) is 36.9 Å². The number of nitrogens with zero attached hydrogens (tertiary/aromatic N) is 5. The zero-order valence-electron chi connectivity index (χ0n) is 16.7. The second-order valence-electron chi connectivity index (χ2n) is 7.70. The zero-order chi connectivity index (χ0) is 20.3. The lowest BCUT2D eigenvalue weighted by atomic mass is 10.2. The molecule has 0 radical (unpaired) electrons. The van der Waals surface area contributed by atoms with E-state index in [0.717, 1.165) is 53.9 Å². The van der Waals surface area contributed by atoms with Crippen molar-refractivity contribution in [3.63, 3.8) is 0 Å². The molecule has 1 amide bonds. The molecule has 1 saturated heterocycles. The number of thioether (sulfide) groups is 1. The van der Waals surface area contributed by atoms with E-state index < -0.39 is 0 Å². The van der Waals surface area contributed by atoms with Crippen molar-refractivity contribution < 1.29 is 4.79 Å². The van der Waals surface area contributed by atoms with Gasteiger partial charge in [0.05, 0.1) is 17.1 Å². The maximum absolute atomic E-state index is 12.7. The molecule has 0 bridgehead atoms. The summed E-state index contributed by atoms with van der Waals surface area (Å²) < 4.78 is 2.16. The van der Waals surface area contributed by atoms with E-state index in [2.05, 4.69) is 36.0 Å². The van der Waals surface area contributed by atoms with Crippen LogP contribution in [-0.2, 0) is 4.79 Å². The fourth-order valence-electron chi connectivity index (χ4n) is 3.86. The van der Waals surface area contributed by atoms with Crippen LogP contribution in [0.5, 0.6) is 0 Å². The van der Waals surface area contributed by atoms with E-state index in [1.54, 1.807) is 12.4 Å². The number of benzene rings is 1. The van der Waals surface area contributed by atoms with Crippen LogP contribution in [0.15, 0.2) is 53.9 Å². The Morgan fingerprint density at radius 2 is 1.93 bits per heavy atom. The molecule has 1 N–H and O–H groups in total. The van der Waals surface area contributed by atoms with Crippen LogP contribution in [0, 0.1) is 0 Å². The van der Waals surface area contributed by atoms with Gasteiger partial charge < -0.3 is 10.2 Å². The van der Waals surface area contributed by atoms with Crippen LogP contribution in [0.1, 0.15) is 31.7 Å². The smallest absolute Gasteiger partial charge is 0.234 e. The topological polar surface area (TPSA) is 75.9 Å². The standard InChI is InChI=1S/C22H24N6OS/c29-20(24-18-7-1-2-8-19(18)27-12-3-4-13-27)15-30-22-26-25-21(28(22)17-9-10-17)16-6-5-11-23-14-16/h1-2,5-8,11,14,17H,3-4,9-10,12-13,15H2,(H,24,29). The number of amides is 1. The number of carbonyl (C=O) groups is 1. The normalized spacial score (nSPS) is 16.1. The second kappa shape index (κ2) is 8.47. The van der Waals surface area contributed by atoms with Gasteiger partial charge in [0.15, 0.2) is 11.0 Å². The highest BCUT2D eigenvalue weighted by atomic mass is 32.2. The summed E-state index contributed by atoms with van der Waals surface area (Å²) in [4.78, 5) is 19.2. The van der Waals surface area contributed by atoms with Crippen LogP contribution >= 0.6 is 11.8 Å². The van der Waals surface area contributed by atoms with Gasteiger partial charge in [-0.1, -0.05) is 23.9 Å². The minimum absolute atomic E-state index is 0.0279. The Morgan fingerprint density at radius 1 is 1.10 bits per heavy atom. The van der Waals surface area contributed by atoms with Crippen molar-refractivity contribution in [1.82, 2.24) is 19.7 Å². The number of nitrogens with one attached hydrogen (secondary N) is 1. The van der Waals surface area contributed by atoms with Crippen molar-refractivity contribution in [2.75, 3.05) is 29.1 Å². The predicted octanol–water partition coefficient (Wildman–Crippen LogP) is 4.01. The molecule has 3 heterocycles. The van der Waals surface area contributed by atoms with E-state index in [1.165, 1.54) is 24.6 Å². The summed E-state index contributed by atoms with van der Waals surface area (Å²) >= 11 is 1.44. The van der Waals surface area contributed by atoms with Gasteiger partial charge >= 0.3 is 0 Å². The maximum atomic E-state index is 12.7. The quantitative estimate of drug-likeness (QED) is 0.582. The third-order valence-electron chi connectivity index (χ3n) is 5.45. The monoisotopic (exact) mass is 420 g/mol. The first-order valence-electron chi connectivity index (χ1n) is 10.4. The number of pyridine rings is 1. The molecule has 7 nitrogen and oxygen atoms in total. The maximum Gasteiger partial charge on any atom is 0.234 e.